The highest BCUT2D eigenvalue weighted by Gasteiger charge is 2.42. The van der Waals surface area contributed by atoms with Crippen molar-refractivity contribution in [2.45, 2.75) is 12.3 Å². The van der Waals surface area contributed by atoms with E-state index in [1.807, 2.05) is 0 Å². The third-order valence-electron chi connectivity index (χ3n) is 4.93. The Balaban J connectivity index is 1.99. The number of hydrogen-bond acceptors (Lipinski definition) is 0. The topological polar surface area (TPSA) is 0 Å². The van der Waals surface area contributed by atoms with E-state index in [2.05, 4.69) is 110 Å². The first kappa shape index (κ1) is 14.7. The predicted molar refractivity (Wildman–Crippen MR) is 103 cm³/mol. The smallest absolute Gasteiger partial charge is 0.0638 e. The Hall–Kier alpha value is -2.86. The van der Waals surface area contributed by atoms with Crippen LogP contribution in [0.15, 0.2) is 114 Å². The van der Waals surface area contributed by atoms with Crippen LogP contribution in [0.5, 0.6) is 0 Å². The highest BCUT2D eigenvalue weighted by molar-refractivity contribution is 5.92. The van der Waals surface area contributed by atoms with Gasteiger partial charge in [0.1, 0.15) is 0 Å². The first-order chi connectivity index (χ1) is 11.9. The average molecular weight is 308 g/mol. The van der Waals surface area contributed by atoms with Crippen LogP contribution in [0.2, 0.25) is 0 Å². The third kappa shape index (κ3) is 2.15. The molecule has 2 aromatic carbocycles. The van der Waals surface area contributed by atoms with E-state index in [0.717, 1.165) is 0 Å². The van der Waals surface area contributed by atoms with Gasteiger partial charge in [-0.25, -0.2) is 0 Å². The van der Waals surface area contributed by atoms with Gasteiger partial charge >= 0.3 is 0 Å². The van der Waals surface area contributed by atoms with E-state index in [-0.39, 0.29) is 5.41 Å². The predicted octanol–water partition coefficient (Wildman–Crippen LogP) is 6.02. The van der Waals surface area contributed by atoms with Crippen LogP contribution >= 0.6 is 0 Å². The molecule has 2 aliphatic carbocycles. The maximum absolute atomic E-state index is 2.34. The van der Waals surface area contributed by atoms with Crippen LogP contribution in [0.25, 0.3) is 5.57 Å². The molecule has 2 aromatic rings. The van der Waals surface area contributed by atoms with Crippen molar-refractivity contribution >= 4 is 5.57 Å². The summed E-state index contributed by atoms with van der Waals surface area (Å²) in [6.45, 7) is 2.13. The molecule has 2 aliphatic rings. The highest BCUT2D eigenvalue weighted by atomic mass is 14.4. The van der Waals surface area contributed by atoms with Gasteiger partial charge in [-0.1, -0.05) is 97.1 Å². The van der Waals surface area contributed by atoms with Gasteiger partial charge in [-0.15, -0.1) is 0 Å². The SMILES string of the molecule is C/C=C1\C=C(c2ccccc2)C2=CC=CC=CC21c1ccccc1. The Kier molecular flexibility index (Phi) is 3.66. The fourth-order valence-electron chi connectivity index (χ4n) is 3.83. The van der Waals surface area contributed by atoms with E-state index < -0.39 is 0 Å². The van der Waals surface area contributed by atoms with Gasteiger partial charge in [0, 0.05) is 0 Å². The summed E-state index contributed by atoms with van der Waals surface area (Å²) in [5, 5.41) is 0. The first-order valence-corrected chi connectivity index (χ1v) is 8.43. The lowest BCUT2D eigenvalue weighted by atomic mass is 9.70. The second kappa shape index (κ2) is 5.98. The Morgan fingerprint density at radius 3 is 2.21 bits per heavy atom. The zero-order valence-electron chi connectivity index (χ0n) is 13.8. The Bertz CT molecular complexity index is 890. The maximum atomic E-state index is 2.34. The lowest BCUT2D eigenvalue weighted by Gasteiger charge is -2.31. The number of fused-ring (bicyclic) bond motifs is 1. The minimum absolute atomic E-state index is 0.204. The zero-order valence-corrected chi connectivity index (χ0v) is 13.8. The van der Waals surface area contributed by atoms with Crippen LogP contribution < -0.4 is 0 Å². The molecule has 116 valence electrons. The van der Waals surface area contributed by atoms with E-state index in [1.165, 1.54) is 27.8 Å². The van der Waals surface area contributed by atoms with Crippen LogP contribution in [-0.2, 0) is 5.41 Å². The number of allylic oxidation sites excluding steroid dienone is 10. The van der Waals surface area contributed by atoms with Gasteiger partial charge in [-0.2, -0.15) is 0 Å². The largest absolute Gasteiger partial charge is 0.0828 e. The van der Waals surface area contributed by atoms with Crippen LogP contribution in [0.4, 0.5) is 0 Å². The van der Waals surface area contributed by atoms with E-state index >= 15 is 0 Å². The van der Waals surface area contributed by atoms with Gasteiger partial charge in [0.05, 0.1) is 5.41 Å². The molecule has 0 amide bonds. The van der Waals surface area contributed by atoms with Crippen molar-refractivity contribution in [3.8, 4) is 0 Å². The summed E-state index contributed by atoms with van der Waals surface area (Å²) in [6, 6.07) is 21.5. The molecule has 1 atom stereocenters. The number of rotatable bonds is 2. The highest BCUT2D eigenvalue weighted by Crippen LogP contribution is 2.53. The summed E-state index contributed by atoms with van der Waals surface area (Å²) in [5.41, 5.74) is 6.36. The molecule has 0 nitrogen and oxygen atoms in total. The van der Waals surface area contributed by atoms with Crippen LogP contribution in [0.1, 0.15) is 18.1 Å². The van der Waals surface area contributed by atoms with Crippen molar-refractivity contribution in [2.24, 2.45) is 0 Å². The molecular formula is C24H20. The minimum Gasteiger partial charge on any atom is -0.0828 e. The summed E-state index contributed by atoms with van der Waals surface area (Å²) in [5.74, 6) is 0. The van der Waals surface area contributed by atoms with Gasteiger partial charge in [-0.3, -0.25) is 0 Å². The molecule has 0 aliphatic heterocycles. The number of benzene rings is 2. The minimum atomic E-state index is -0.204. The fraction of sp³-hybridized carbons (Fsp3) is 0.0833. The van der Waals surface area contributed by atoms with Crippen LogP contribution in [-0.4, -0.2) is 0 Å². The second-order valence-electron chi connectivity index (χ2n) is 6.17. The lowest BCUT2D eigenvalue weighted by molar-refractivity contribution is 0.800. The van der Waals surface area contributed by atoms with Gasteiger partial charge < -0.3 is 0 Å². The first-order valence-electron chi connectivity index (χ1n) is 8.43. The molecule has 0 bridgehead atoms. The zero-order chi connectivity index (χ0) is 16.4. The molecule has 0 heteroatoms. The maximum Gasteiger partial charge on any atom is 0.0638 e. The van der Waals surface area contributed by atoms with E-state index in [4.69, 9.17) is 0 Å². The van der Waals surface area contributed by atoms with E-state index in [1.54, 1.807) is 0 Å². The van der Waals surface area contributed by atoms with Gasteiger partial charge in [0.2, 0.25) is 0 Å². The van der Waals surface area contributed by atoms with E-state index in [0.29, 0.717) is 0 Å². The Labute approximate surface area is 143 Å². The fourth-order valence-corrected chi connectivity index (χ4v) is 3.83. The Morgan fingerprint density at radius 2 is 1.50 bits per heavy atom. The summed E-state index contributed by atoms with van der Waals surface area (Å²) in [6.07, 6.45) is 15.6. The van der Waals surface area contributed by atoms with Crippen LogP contribution in [0.3, 0.4) is 0 Å². The van der Waals surface area contributed by atoms with Crippen LogP contribution in [0, 0.1) is 0 Å². The molecule has 1 unspecified atom stereocenters. The normalized spacial score (nSPS) is 23.6. The van der Waals surface area contributed by atoms with Gasteiger partial charge in [0.25, 0.3) is 0 Å². The average Bonchev–Trinajstić information content (AvgIpc) is 2.81. The van der Waals surface area contributed by atoms with Crippen molar-refractivity contribution in [1.82, 2.24) is 0 Å². The van der Waals surface area contributed by atoms with Crippen molar-refractivity contribution in [3.63, 3.8) is 0 Å². The Morgan fingerprint density at radius 1 is 0.792 bits per heavy atom. The second-order valence-corrected chi connectivity index (χ2v) is 6.17. The van der Waals surface area contributed by atoms with Gasteiger partial charge in [-0.05, 0) is 40.8 Å². The van der Waals surface area contributed by atoms with Crippen molar-refractivity contribution in [3.05, 3.63) is 125 Å². The molecule has 0 heterocycles. The molecule has 0 radical (unpaired) electrons. The quantitative estimate of drug-likeness (QED) is 0.636. The molecule has 24 heavy (non-hydrogen) atoms. The van der Waals surface area contributed by atoms with Crippen molar-refractivity contribution in [1.29, 1.82) is 0 Å². The summed E-state index contributed by atoms with van der Waals surface area (Å²) in [7, 11) is 0. The summed E-state index contributed by atoms with van der Waals surface area (Å²) < 4.78 is 0. The molecule has 0 saturated heterocycles. The van der Waals surface area contributed by atoms with E-state index in [9.17, 15) is 0 Å². The summed E-state index contributed by atoms with van der Waals surface area (Å²) >= 11 is 0. The van der Waals surface area contributed by atoms with Gasteiger partial charge in [0.15, 0.2) is 0 Å². The molecule has 0 fully saturated rings. The van der Waals surface area contributed by atoms with Crippen molar-refractivity contribution < 1.29 is 0 Å². The molecular weight excluding hydrogens is 288 g/mol. The molecule has 0 spiro atoms. The lowest BCUT2D eigenvalue weighted by Crippen LogP contribution is -2.25. The number of hydrogen-bond donors (Lipinski definition) is 0. The molecule has 0 saturated carbocycles. The monoisotopic (exact) mass is 308 g/mol. The standard InChI is InChI=1S/C24H20/c1-2-20-18-22(19-12-6-3-7-13-19)23-16-10-5-11-17-24(20,23)21-14-8-4-9-15-21/h2-18H,1H3/b20-2+. The molecule has 0 N–H and O–H groups in total. The summed E-state index contributed by atoms with van der Waals surface area (Å²) in [4.78, 5) is 0. The third-order valence-corrected chi connectivity index (χ3v) is 4.93. The molecule has 0 aromatic heterocycles. The van der Waals surface area contributed by atoms with Crippen molar-refractivity contribution in [2.75, 3.05) is 0 Å². The molecule has 4 rings (SSSR count).